The van der Waals surface area contributed by atoms with E-state index >= 15 is 0 Å². The average Bonchev–Trinajstić information content (AvgIpc) is 3.40. The highest BCUT2D eigenvalue weighted by Crippen LogP contribution is 2.30. The summed E-state index contributed by atoms with van der Waals surface area (Å²) >= 11 is 0. The number of carbonyl (C=O) groups is 1. The number of aliphatic imine (C=N–C) groups is 1. The zero-order valence-corrected chi connectivity index (χ0v) is 18.2. The number of halogens is 1. The molecule has 0 bridgehead atoms. The number of para-hydroxylation sites is 1. The Labute approximate surface area is 173 Å². The summed E-state index contributed by atoms with van der Waals surface area (Å²) in [7, 11) is 0. The van der Waals surface area contributed by atoms with Gasteiger partial charge in [0, 0.05) is 18.7 Å². The molecular formula is C19H31IN4O2. The molecule has 1 fully saturated rings. The van der Waals surface area contributed by atoms with Gasteiger partial charge in [-0.25, -0.2) is 4.99 Å². The van der Waals surface area contributed by atoms with E-state index < -0.39 is 5.41 Å². The van der Waals surface area contributed by atoms with Gasteiger partial charge in [-0.2, -0.15) is 0 Å². The lowest BCUT2D eigenvalue weighted by atomic mass is 9.93. The van der Waals surface area contributed by atoms with Crippen LogP contribution in [-0.2, 0) is 11.3 Å². The number of benzene rings is 1. The Morgan fingerprint density at radius 2 is 2.00 bits per heavy atom. The summed E-state index contributed by atoms with van der Waals surface area (Å²) < 4.78 is 5.93. The van der Waals surface area contributed by atoms with Gasteiger partial charge in [-0.15, -0.1) is 24.0 Å². The van der Waals surface area contributed by atoms with Crippen molar-refractivity contribution in [2.45, 2.75) is 40.2 Å². The highest BCUT2D eigenvalue weighted by molar-refractivity contribution is 14.0. The van der Waals surface area contributed by atoms with Crippen LogP contribution in [0.1, 0.15) is 39.2 Å². The highest BCUT2D eigenvalue weighted by Gasteiger charge is 2.25. The second-order valence-corrected chi connectivity index (χ2v) is 7.16. The number of rotatable bonds is 9. The van der Waals surface area contributed by atoms with Gasteiger partial charge in [-0.05, 0) is 45.6 Å². The molecule has 26 heavy (non-hydrogen) atoms. The van der Waals surface area contributed by atoms with E-state index in [1.807, 2.05) is 45.0 Å². The Morgan fingerprint density at radius 3 is 2.62 bits per heavy atom. The molecule has 1 amide bonds. The van der Waals surface area contributed by atoms with Gasteiger partial charge in [0.05, 0.1) is 18.6 Å². The molecule has 0 saturated heterocycles. The maximum absolute atomic E-state index is 11.5. The maximum Gasteiger partial charge on any atom is 0.224 e. The molecule has 0 heterocycles. The Morgan fingerprint density at radius 1 is 1.31 bits per heavy atom. The molecule has 1 aliphatic rings. The fourth-order valence-electron chi connectivity index (χ4n) is 2.17. The highest BCUT2D eigenvalue weighted by atomic mass is 127. The summed E-state index contributed by atoms with van der Waals surface area (Å²) in [5, 5.41) is 6.38. The zero-order chi connectivity index (χ0) is 18.3. The normalized spacial score (nSPS) is 14.3. The lowest BCUT2D eigenvalue weighted by Crippen LogP contribution is -2.46. The van der Waals surface area contributed by atoms with Crippen LogP contribution in [0.25, 0.3) is 0 Å². The third-order valence-corrected chi connectivity index (χ3v) is 4.26. The zero-order valence-electron chi connectivity index (χ0n) is 15.9. The van der Waals surface area contributed by atoms with Gasteiger partial charge in [0.2, 0.25) is 5.91 Å². The Balaban J connectivity index is 0.00000338. The number of ether oxygens (including phenoxy) is 1. The van der Waals surface area contributed by atoms with Crippen molar-refractivity contribution in [3.63, 3.8) is 0 Å². The lowest BCUT2D eigenvalue weighted by Gasteiger charge is -2.22. The number of nitrogens with one attached hydrogen (secondary N) is 2. The second kappa shape index (κ2) is 10.6. The molecule has 2 rings (SSSR count). The van der Waals surface area contributed by atoms with Crippen molar-refractivity contribution in [1.82, 2.24) is 10.6 Å². The van der Waals surface area contributed by atoms with Crippen LogP contribution in [0.5, 0.6) is 5.75 Å². The van der Waals surface area contributed by atoms with Crippen LogP contribution in [0.15, 0.2) is 29.3 Å². The molecule has 1 aromatic carbocycles. The average molecular weight is 474 g/mol. The number of hydrogen-bond donors (Lipinski definition) is 3. The number of primary amides is 1. The first kappa shape index (κ1) is 22.5. The van der Waals surface area contributed by atoms with Crippen LogP contribution in [0, 0.1) is 11.3 Å². The van der Waals surface area contributed by atoms with Crippen molar-refractivity contribution in [1.29, 1.82) is 0 Å². The number of amides is 1. The molecule has 1 saturated carbocycles. The Bertz CT molecular complexity index is 615. The van der Waals surface area contributed by atoms with E-state index in [1.54, 1.807) is 0 Å². The first-order chi connectivity index (χ1) is 11.9. The molecule has 7 heteroatoms. The summed E-state index contributed by atoms with van der Waals surface area (Å²) in [4.78, 5) is 16.1. The molecule has 4 N–H and O–H groups in total. The van der Waals surface area contributed by atoms with Crippen molar-refractivity contribution >= 4 is 35.8 Å². The van der Waals surface area contributed by atoms with E-state index in [-0.39, 0.29) is 29.9 Å². The topological polar surface area (TPSA) is 88.7 Å². The van der Waals surface area contributed by atoms with Crippen LogP contribution in [-0.4, -0.2) is 31.6 Å². The summed E-state index contributed by atoms with van der Waals surface area (Å²) in [6.45, 7) is 8.08. The second-order valence-electron chi connectivity index (χ2n) is 7.16. The minimum absolute atomic E-state index is 0. The Kier molecular flexibility index (Phi) is 9.18. The minimum Gasteiger partial charge on any atom is -0.493 e. The largest absolute Gasteiger partial charge is 0.493 e. The molecule has 1 aromatic rings. The molecule has 0 aliphatic heterocycles. The molecular weight excluding hydrogens is 443 g/mol. The summed E-state index contributed by atoms with van der Waals surface area (Å²) in [6.07, 6.45) is 2.54. The predicted octanol–water partition coefficient (Wildman–Crippen LogP) is 2.66. The van der Waals surface area contributed by atoms with Crippen LogP contribution in [0.3, 0.4) is 0 Å². The van der Waals surface area contributed by atoms with E-state index in [1.165, 1.54) is 12.8 Å². The lowest BCUT2D eigenvalue weighted by molar-refractivity contribution is -0.125. The molecule has 6 nitrogen and oxygen atoms in total. The molecule has 146 valence electrons. The number of guanidine groups is 1. The van der Waals surface area contributed by atoms with Gasteiger partial charge in [0.1, 0.15) is 5.75 Å². The molecule has 0 atom stereocenters. The van der Waals surface area contributed by atoms with Crippen molar-refractivity contribution in [3.05, 3.63) is 29.8 Å². The maximum atomic E-state index is 11.5. The first-order valence-electron chi connectivity index (χ1n) is 8.95. The first-order valence-corrected chi connectivity index (χ1v) is 8.95. The number of carbonyl (C=O) groups excluding carboxylic acids is 1. The van der Waals surface area contributed by atoms with Crippen LogP contribution in [0.4, 0.5) is 0 Å². The molecule has 0 unspecified atom stereocenters. The van der Waals surface area contributed by atoms with Crippen LogP contribution in [0.2, 0.25) is 0 Å². The van der Waals surface area contributed by atoms with Gasteiger partial charge in [0.15, 0.2) is 5.96 Å². The Hall–Kier alpha value is -1.51. The minimum atomic E-state index is -0.637. The molecule has 0 spiro atoms. The predicted molar refractivity (Wildman–Crippen MR) is 116 cm³/mol. The number of nitrogens with zero attached hydrogens (tertiary/aromatic N) is 1. The fourth-order valence-corrected chi connectivity index (χ4v) is 2.17. The van der Waals surface area contributed by atoms with Crippen LogP contribution >= 0.6 is 24.0 Å². The molecule has 0 aromatic heterocycles. The van der Waals surface area contributed by atoms with Crippen molar-refractivity contribution in [3.8, 4) is 5.75 Å². The van der Waals surface area contributed by atoms with Gasteiger partial charge >= 0.3 is 0 Å². The SMILES string of the molecule is CCNC(=NCc1ccccc1OCC1CC1)NCC(C)(C)C(N)=O.I. The van der Waals surface area contributed by atoms with Crippen LogP contribution < -0.4 is 21.1 Å². The van der Waals surface area contributed by atoms with Gasteiger partial charge in [-0.1, -0.05) is 18.2 Å². The third-order valence-electron chi connectivity index (χ3n) is 4.26. The summed E-state index contributed by atoms with van der Waals surface area (Å²) in [6, 6.07) is 7.99. The van der Waals surface area contributed by atoms with E-state index in [9.17, 15) is 4.79 Å². The van der Waals surface area contributed by atoms with Gasteiger partial charge < -0.3 is 21.1 Å². The van der Waals surface area contributed by atoms with Crippen molar-refractivity contribution in [2.75, 3.05) is 19.7 Å². The van der Waals surface area contributed by atoms with Gasteiger partial charge in [-0.3, -0.25) is 4.79 Å². The van der Waals surface area contributed by atoms with E-state index in [4.69, 9.17) is 10.5 Å². The van der Waals surface area contributed by atoms with E-state index in [0.29, 0.717) is 25.0 Å². The molecule has 0 radical (unpaired) electrons. The smallest absolute Gasteiger partial charge is 0.224 e. The quantitative estimate of drug-likeness (QED) is 0.292. The van der Waals surface area contributed by atoms with Crippen molar-refractivity contribution < 1.29 is 9.53 Å². The van der Waals surface area contributed by atoms with E-state index in [2.05, 4.69) is 15.6 Å². The summed E-state index contributed by atoms with van der Waals surface area (Å²) in [5.41, 5.74) is 5.84. The number of nitrogens with two attached hydrogens (primary N) is 1. The summed E-state index contributed by atoms with van der Waals surface area (Å²) in [5.74, 6) is 1.93. The number of hydrogen-bond acceptors (Lipinski definition) is 3. The van der Waals surface area contributed by atoms with Gasteiger partial charge in [0.25, 0.3) is 0 Å². The monoisotopic (exact) mass is 474 g/mol. The fraction of sp³-hybridized carbons (Fsp3) is 0.579. The van der Waals surface area contributed by atoms with Crippen molar-refractivity contribution in [2.24, 2.45) is 22.1 Å². The van der Waals surface area contributed by atoms with E-state index in [0.717, 1.165) is 24.5 Å². The standard InChI is InChI=1S/C19H30N4O2.HI/c1-4-21-18(23-13-19(2,3)17(20)24)22-11-15-7-5-6-8-16(15)25-12-14-9-10-14;/h5-8,14H,4,9-13H2,1-3H3,(H2,20,24)(H2,21,22,23);1H. The molecule has 1 aliphatic carbocycles. The third kappa shape index (κ3) is 7.39.